The molecule has 78 valence electrons. The van der Waals surface area contributed by atoms with Crippen LogP contribution in [0.4, 0.5) is 0 Å². The second kappa shape index (κ2) is 7.30. The molecule has 4 heteroatoms. The average Bonchev–Trinajstić information content (AvgIpc) is 2.03. The van der Waals surface area contributed by atoms with Gasteiger partial charge in [0.05, 0.1) is 6.10 Å². The fourth-order valence-electron chi connectivity index (χ4n) is 0.979. The summed E-state index contributed by atoms with van der Waals surface area (Å²) in [5.41, 5.74) is 0. The van der Waals surface area contributed by atoms with Crippen LogP contribution in [-0.2, 0) is 14.3 Å². The highest BCUT2D eigenvalue weighted by molar-refractivity contribution is 6.63. The van der Waals surface area contributed by atoms with Gasteiger partial charge in [0.2, 0.25) is 5.24 Å². The van der Waals surface area contributed by atoms with Gasteiger partial charge in [0, 0.05) is 13.5 Å². The van der Waals surface area contributed by atoms with Crippen LogP contribution < -0.4 is 0 Å². The third kappa shape index (κ3) is 8.22. The third-order valence-electron chi connectivity index (χ3n) is 1.74. The van der Waals surface area contributed by atoms with Crippen molar-refractivity contribution in [1.29, 1.82) is 0 Å². The molecule has 0 aliphatic rings. The maximum Gasteiger partial charge on any atom is 0.221 e. The molecule has 0 rings (SSSR count). The number of hydrogen-bond donors (Lipinski definition) is 0. The maximum atomic E-state index is 10.4. The Morgan fingerprint density at radius 3 is 2.54 bits per heavy atom. The molecule has 13 heavy (non-hydrogen) atoms. The zero-order chi connectivity index (χ0) is 10.3. The fraction of sp³-hybridized carbons (Fsp3) is 0.889. The molecule has 0 fully saturated rings. The van der Waals surface area contributed by atoms with Crippen LogP contribution >= 0.6 is 11.6 Å². The van der Waals surface area contributed by atoms with E-state index in [0.717, 1.165) is 12.8 Å². The first kappa shape index (κ1) is 12.9. The molecule has 0 N–H and O–H groups in total. The van der Waals surface area contributed by atoms with Gasteiger partial charge in [-0.1, -0.05) is 0 Å². The van der Waals surface area contributed by atoms with Gasteiger partial charge in [0.25, 0.3) is 0 Å². The lowest BCUT2D eigenvalue weighted by Gasteiger charge is -2.17. The number of rotatable bonds is 7. The van der Waals surface area contributed by atoms with Crippen LogP contribution in [0.25, 0.3) is 0 Å². The molecule has 3 nitrogen and oxygen atoms in total. The number of carbonyl (C=O) groups excluding carboxylic acids is 1. The number of methoxy groups -OCH3 is 1. The molecule has 0 aromatic heterocycles. The Hall–Kier alpha value is -0.120. The van der Waals surface area contributed by atoms with Crippen molar-refractivity contribution in [3.63, 3.8) is 0 Å². The van der Waals surface area contributed by atoms with Gasteiger partial charge in [-0.05, 0) is 38.3 Å². The minimum absolute atomic E-state index is 0.103. The number of carbonyl (C=O) groups is 1. The van der Waals surface area contributed by atoms with Gasteiger partial charge in [-0.2, -0.15) is 0 Å². The summed E-state index contributed by atoms with van der Waals surface area (Å²) in [6.07, 6.45) is 1.91. The lowest BCUT2D eigenvalue weighted by atomic mass is 10.2. The van der Waals surface area contributed by atoms with Crippen molar-refractivity contribution in [1.82, 2.24) is 0 Å². The van der Waals surface area contributed by atoms with E-state index in [2.05, 4.69) is 0 Å². The molecule has 0 radical (unpaired) electrons. The molecule has 0 saturated carbocycles. The molecule has 0 aliphatic carbocycles. The van der Waals surface area contributed by atoms with Crippen molar-refractivity contribution in [3.05, 3.63) is 0 Å². The van der Waals surface area contributed by atoms with Gasteiger partial charge >= 0.3 is 0 Å². The van der Waals surface area contributed by atoms with Gasteiger partial charge in [0.15, 0.2) is 6.29 Å². The SMILES string of the molecule is COC(C)OC(C)CCCC(=O)Cl. The molecule has 0 aliphatic heterocycles. The minimum atomic E-state index is -0.285. The van der Waals surface area contributed by atoms with E-state index in [0.29, 0.717) is 6.42 Å². The molecule has 0 aromatic rings. The van der Waals surface area contributed by atoms with Gasteiger partial charge in [-0.25, -0.2) is 0 Å². The van der Waals surface area contributed by atoms with Crippen molar-refractivity contribution in [3.8, 4) is 0 Å². The quantitative estimate of drug-likeness (QED) is 0.476. The largest absolute Gasteiger partial charge is 0.356 e. The Morgan fingerprint density at radius 2 is 2.08 bits per heavy atom. The highest BCUT2D eigenvalue weighted by Gasteiger charge is 2.07. The maximum absolute atomic E-state index is 10.4. The zero-order valence-electron chi connectivity index (χ0n) is 8.38. The monoisotopic (exact) mass is 208 g/mol. The van der Waals surface area contributed by atoms with E-state index < -0.39 is 0 Å². The third-order valence-corrected chi connectivity index (χ3v) is 1.93. The Morgan fingerprint density at radius 1 is 1.46 bits per heavy atom. The number of ether oxygens (including phenoxy) is 2. The standard InChI is InChI=1S/C9H17ClO3/c1-7(13-8(2)12-3)5-4-6-9(10)11/h7-8H,4-6H2,1-3H3. The summed E-state index contributed by atoms with van der Waals surface area (Å²) in [5.74, 6) is 0. The van der Waals surface area contributed by atoms with E-state index >= 15 is 0 Å². The van der Waals surface area contributed by atoms with Crippen molar-refractivity contribution in [2.75, 3.05) is 7.11 Å². The van der Waals surface area contributed by atoms with Crippen LogP contribution in [0.15, 0.2) is 0 Å². The topological polar surface area (TPSA) is 35.5 Å². The average molecular weight is 209 g/mol. The van der Waals surface area contributed by atoms with E-state index in [1.54, 1.807) is 7.11 Å². The van der Waals surface area contributed by atoms with Crippen molar-refractivity contribution in [2.45, 2.75) is 45.5 Å². The summed E-state index contributed by atoms with van der Waals surface area (Å²) < 4.78 is 10.3. The Kier molecular flexibility index (Phi) is 7.23. The smallest absolute Gasteiger partial charge is 0.221 e. The molecule has 0 aromatic carbocycles. The van der Waals surface area contributed by atoms with Crippen molar-refractivity contribution < 1.29 is 14.3 Å². The molecule has 0 spiro atoms. The molecule has 0 saturated heterocycles. The van der Waals surface area contributed by atoms with Gasteiger partial charge in [0.1, 0.15) is 0 Å². The van der Waals surface area contributed by atoms with Crippen LogP contribution in [0.1, 0.15) is 33.1 Å². The molecule has 2 unspecified atom stereocenters. The van der Waals surface area contributed by atoms with Crippen LogP contribution in [0.2, 0.25) is 0 Å². The zero-order valence-corrected chi connectivity index (χ0v) is 9.13. The van der Waals surface area contributed by atoms with Crippen molar-refractivity contribution >= 4 is 16.8 Å². The fourth-order valence-corrected chi connectivity index (χ4v) is 1.11. The molecule has 0 bridgehead atoms. The Labute approximate surface area is 84.4 Å². The summed E-state index contributed by atoms with van der Waals surface area (Å²) in [6.45, 7) is 3.79. The first-order valence-corrected chi connectivity index (χ1v) is 4.80. The Balaban J connectivity index is 3.39. The number of hydrogen-bond acceptors (Lipinski definition) is 3. The Bertz CT molecular complexity index is 150. The highest BCUT2D eigenvalue weighted by Crippen LogP contribution is 2.08. The predicted molar refractivity (Wildman–Crippen MR) is 51.7 cm³/mol. The summed E-state index contributed by atoms with van der Waals surface area (Å²) >= 11 is 5.19. The lowest BCUT2D eigenvalue weighted by molar-refractivity contribution is -0.140. The van der Waals surface area contributed by atoms with Gasteiger partial charge in [-0.15, -0.1) is 0 Å². The minimum Gasteiger partial charge on any atom is -0.356 e. The molecule has 2 atom stereocenters. The van der Waals surface area contributed by atoms with Gasteiger partial charge < -0.3 is 9.47 Å². The highest BCUT2D eigenvalue weighted by atomic mass is 35.5. The first-order chi connectivity index (χ1) is 6.06. The van der Waals surface area contributed by atoms with Crippen molar-refractivity contribution in [2.24, 2.45) is 0 Å². The van der Waals surface area contributed by atoms with Gasteiger partial charge in [-0.3, -0.25) is 4.79 Å². The lowest BCUT2D eigenvalue weighted by Crippen LogP contribution is -2.18. The van der Waals surface area contributed by atoms with E-state index in [9.17, 15) is 4.79 Å². The van der Waals surface area contributed by atoms with E-state index in [1.807, 2.05) is 13.8 Å². The summed E-state index contributed by atoms with van der Waals surface area (Å²) in [7, 11) is 1.60. The summed E-state index contributed by atoms with van der Waals surface area (Å²) in [6, 6.07) is 0. The molecule has 0 heterocycles. The predicted octanol–water partition coefficient (Wildman–Crippen LogP) is 2.32. The number of halogens is 1. The summed E-state index contributed by atoms with van der Waals surface area (Å²) in [5, 5.41) is -0.285. The normalized spacial score (nSPS) is 15.4. The van der Waals surface area contributed by atoms with Crippen LogP contribution in [0, 0.1) is 0 Å². The summed E-state index contributed by atoms with van der Waals surface area (Å²) in [4.78, 5) is 10.4. The van der Waals surface area contributed by atoms with Crippen LogP contribution in [-0.4, -0.2) is 24.7 Å². The first-order valence-electron chi connectivity index (χ1n) is 4.42. The van der Waals surface area contributed by atoms with E-state index in [-0.39, 0.29) is 17.6 Å². The van der Waals surface area contributed by atoms with Crippen LogP contribution in [0.5, 0.6) is 0 Å². The second-order valence-electron chi connectivity index (χ2n) is 3.00. The molecular weight excluding hydrogens is 192 g/mol. The van der Waals surface area contributed by atoms with Crippen LogP contribution in [0.3, 0.4) is 0 Å². The van der Waals surface area contributed by atoms with E-state index in [4.69, 9.17) is 21.1 Å². The molecule has 0 amide bonds. The second-order valence-corrected chi connectivity index (χ2v) is 3.42. The molecular formula is C9H17ClO3. The van der Waals surface area contributed by atoms with E-state index in [1.165, 1.54) is 0 Å².